The predicted molar refractivity (Wildman–Crippen MR) is 76.5 cm³/mol. The number of likely N-dealkylation sites (tertiary alicyclic amines) is 1. The van der Waals surface area contributed by atoms with Gasteiger partial charge in [0.15, 0.2) is 0 Å². The lowest BCUT2D eigenvalue weighted by Crippen LogP contribution is -2.30. The van der Waals surface area contributed by atoms with E-state index in [4.69, 9.17) is 11.6 Å². The minimum Gasteiger partial charge on any atom is -0.331 e. The molecule has 3 heterocycles. The molecule has 0 N–H and O–H groups in total. The number of pyridine rings is 2. The van der Waals surface area contributed by atoms with Crippen LogP contribution in [0.25, 0.3) is 0 Å². The maximum absolute atomic E-state index is 12.6. The molecular weight excluding hydrogens is 274 g/mol. The second kappa shape index (κ2) is 5.59. The van der Waals surface area contributed by atoms with Gasteiger partial charge >= 0.3 is 0 Å². The van der Waals surface area contributed by atoms with Crippen LogP contribution in [0, 0.1) is 0 Å². The van der Waals surface area contributed by atoms with Crippen molar-refractivity contribution >= 4 is 17.5 Å². The molecular formula is C15H14ClN3O. The topological polar surface area (TPSA) is 46.1 Å². The van der Waals surface area contributed by atoms with Crippen LogP contribution in [0.5, 0.6) is 0 Å². The van der Waals surface area contributed by atoms with E-state index in [0.717, 1.165) is 24.9 Å². The Morgan fingerprint density at radius 2 is 2.20 bits per heavy atom. The number of hydrogen-bond donors (Lipinski definition) is 0. The molecule has 2 aromatic heterocycles. The summed E-state index contributed by atoms with van der Waals surface area (Å²) in [5.74, 6) is 0.000481. The molecule has 4 nitrogen and oxygen atoms in total. The molecule has 5 heteroatoms. The van der Waals surface area contributed by atoms with Crippen LogP contribution >= 0.6 is 11.6 Å². The van der Waals surface area contributed by atoms with E-state index in [-0.39, 0.29) is 11.9 Å². The van der Waals surface area contributed by atoms with Crippen LogP contribution in [0.1, 0.15) is 34.8 Å². The Kier molecular flexibility index (Phi) is 3.65. The highest BCUT2D eigenvalue weighted by Crippen LogP contribution is 2.32. The zero-order valence-corrected chi connectivity index (χ0v) is 11.6. The van der Waals surface area contributed by atoms with Crippen molar-refractivity contribution in [1.82, 2.24) is 14.9 Å². The van der Waals surface area contributed by atoms with E-state index < -0.39 is 0 Å². The minimum absolute atomic E-state index is 0.000481. The standard InChI is InChI=1S/C15H14ClN3O/c16-14-6-5-12(10-18-14)15(20)19-8-2-4-13(19)11-3-1-7-17-9-11/h1,3,5-7,9-10,13H,2,4,8H2. The largest absolute Gasteiger partial charge is 0.331 e. The van der Waals surface area contributed by atoms with Gasteiger partial charge in [0.2, 0.25) is 0 Å². The third kappa shape index (κ3) is 2.51. The van der Waals surface area contributed by atoms with E-state index in [1.54, 1.807) is 18.3 Å². The number of nitrogens with zero attached hydrogens (tertiary/aromatic N) is 3. The molecule has 1 aliphatic rings. The second-order valence-electron chi connectivity index (χ2n) is 4.81. The summed E-state index contributed by atoms with van der Waals surface area (Å²) in [4.78, 5) is 22.6. The van der Waals surface area contributed by atoms with Crippen LogP contribution in [0.4, 0.5) is 0 Å². The first-order chi connectivity index (χ1) is 9.75. The molecule has 0 spiro atoms. The predicted octanol–water partition coefficient (Wildman–Crippen LogP) is 3.11. The number of hydrogen-bond acceptors (Lipinski definition) is 3. The lowest BCUT2D eigenvalue weighted by atomic mass is 10.1. The van der Waals surface area contributed by atoms with E-state index >= 15 is 0 Å². The van der Waals surface area contributed by atoms with Gasteiger partial charge in [-0.15, -0.1) is 0 Å². The fraction of sp³-hybridized carbons (Fsp3) is 0.267. The van der Waals surface area contributed by atoms with E-state index in [9.17, 15) is 4.79 Å². The number of rotatable bonds is 2. The molecule has 2 aromatic rings. The first-order valence-corrected chi connectivity index (χ1v) is 6.96. The van der Waals surface area contributed by atoms with Crippen molar-refractivity contribution in [3.8, 4) is 0 Å². The van der Waals surface area contributed by atoms with Gasteiger partial charge in [0.05, 0.1) is 11.6 Å². The molecule has 0 saturated carbocycles. The van der Waals surface area contributed by atoms with Gasteiger partial charge in [-0.3, -0.25) is 9.78 Å². The van der Waals surface area contributed by atoms with E-state index in [0.29, 0.717) is 10.7 Å². The van der Waals surface area contributed by atoms with E-state index in [1.807, 2.05) is 23.2 Å². The summed E-state index contributed by atoms with van der Waals surface area (Å²) < 4.78 is 0. The molecule has 1 atom stereocenters. The summed E-state index contributed by atoms with van der Waals surface area (Å²) in [6.07, 6.45) is 7.08. The van der Waals surface area contributed by atoms with Crippen LogP contribution in [0.3, 0.4) is 0 Å². The fourth-order valence-corrected chi connectivity index (χ4v) is 2.71. The highest BCUT2D eigenvalue weighted by atomic mass is 35.5. The second-order valence-corrected chi connectivity index (χ2v) is 5.20. The molecule has 3 rings (SSSR count). The fourth-order valence-electron chi connectivity index (χ4n) is 2.60. The Balaban J connectivity index is 1.85. The SMILES string of the molecule is O=C(c1ccc(Cl)nc1)N1CCCC1c1cccnc1. The van der Waals surface area contributed by atoms with Crippen molar-refractivity contribution in [2.75, 3.05) is 6.54 Å². The van der Waals surface area contributed by atoms with Crippen LogP contribution in [-0.2, 0) is 0 Å². The Labute approximate surface area is 122 Å². The van der Waals surface area contributed by atoms with Gasteiger partial charge in [0, 0.05) is 25.1 Å². The highest BCUT2D eigenvalue weighted by Gasteiger charge is 2.30. The van der Waals surface area contributed by atoms with Gasteiger partial charge in [0.1, 0.15) is 5.15 Å². The molecule has 20 heavy (non-hydrogen) atoms. The lowest BCUT2D eigenvalue weighted by Gasteiger charge is -2.24. The summed E-state index contributed by atoms with van der Waals surface area (Å²) in [5.41, 5.74) is 1.66. The number of amides is 1. The monoisotopic (exact) mass is 287 g/mol. The molecule has 0 aliphatic carbocycles. The number of aromatic nitrogens is 2. The van der Waals surface area contributed by atoms with Crippen molar-refractivity contribution in [3.05, 3.63) is 59.1 Å². The minimum atomic E-state index is 0.000481. The smallest absolute Gasteiger partial charge is 0.255 e. The summed E-state index contributed by atoms with van der Waals surface area (Å²) in [6.45, 7) is 0.765. The lowest BCUT2D eigenvalue weighted by molar-refractivity contribution is 0.0735. The molecule has 1 amide bonds. The van der Waals surface area contributed by atoms with Gasteiger partial charge in [-0.1, -0.05) is 17.7 Å². The van der Waals surface area contributed by atoms with Gasteiger partial charge < -0.3 is 4.90 Å². The maximum Gasteiger partial charge on any atom is 0.255 e. The molecule has 1 aliphatic heterocycles. The van der Waals surface area contributed by atoms with Crippen molar-refractivity contribution in [3.63, 3.8) is 0 Å². The Morgan fingerprint density at radius 3 is 2.90 bits per heavy atom. The number of halogens is 1. The van der Waals surface area contributed by atoms with Crippen molar-refractivity contribution in [1.29, 1.82) is 0 Å². The number of carbonyl (C=O) groups is 1. The first kappa shape index (κ1) is 13.1. The third-order valence-electron chi connectivity index (χ3n) is 3.56. The zero-order chi connectivity index (χ0) is 13.9. The van der Waals surface area contributed by atoms with E-state index in [2.05, 4.69) is 9.97 Å². The molecule has 0 aromatic carbocycles. The maximum atomic E-state index is 12.6. The molecule has 1 fully saturated rings. The van der Waals surface area contributed by atoms with E-state index in [1.165, 1.54) is 6.20 Å². The zero-order valence-electron chi connectivity index (χ0n) is 10.9. The van der Waals surface area contributed by atoms with Gasteiger partial charge in [-0.2, -0.15) is 0 Å². The Bertz CT molecular complexity index is 600. The van der Waals surface area contributed by atoms with Crippen LogP contribution in [0.15, 0.2) is 42.9 Å². The van der Waals surface area contributed by atoms with Crippen molar-refractivity contribution < 1.29 is 4.79 Å². The third-order valence-corrected chi connectivity index (χ3v) is 3.78. The first-order valence-electron chi connectivity index (χ1n) is 6.58. The summed E-state index contributed by atoms with van der Waals surface area (Å²) in [5, 5.41) is 0.395. The summed E-state index contributed by atoms with van der Waals surface area (Å²) in [6, 6.07) is 7.39. The van der Waals surface area contributed by atoms with Gasteiger partial charge in [0.25, 0.3) is 5.91 Å². The average Bonchev–Trinajstić information content (AvgIpc) is 2.97. The van der Waals surface area contributed by atoms with Crippen molar-refractivity contribution in [2.24, 2.45) is 0 Å². The Morgan fingerprint density at radius 1 is 1.30 bits per heavy atom. The van der Waals surface area contributed by atoms with Crippen LogP contribution < -0.4 is 0 Å². The quantitative estimate of drug-likeness (QED) is 0.797. The molecule has 0 bridgehead atoms. The van der Waals surface area contributed by atoms with Gasteiger partial charge in [-0.05, 0) is 36.6 Å². The normalized spacial score (nSPS) is 18.2. The highest BCUT2D eigenvalue weighted by molar-refractivity contribution is 6.29. The molecule has 1 unspecified atom stereocenters. The summed E-state index contributed by atoms with van der Waals surface area (Å²) in [7, 11) is 0. The summed E-state index contributed by atoms with van der Waals surface area (Å²) >= 11 is 5.76. The Hall–Kier alpha value is -1.94. The van der Waals surface area contributed by atoms with Crippen molar-refractivity contribution in [2.45, 2.75) is 18.9 Å². The van der Waals surface area contributed by atoms with Crippen LogP contribution in [0.2, 0.25) is 5.15 Å². The number of carbonyl (C=O) groups excluding carboxylic acids is 1. The average molecular weight is 288 g/mol. The van der Waals surface area contributed by atoms with Crippen LogP contribution in [-0.4, -0.2) is 27.3 Å². The van der Waals surface area contributed by atoms with Gasteiger partial charge in [-0.25, -0.2) is 4.98 Å². The molecule has 102 valence electrons. The molecule has 0 radical (unpaired) electrons. The molecule has 1 saturated heterocycles.